The molecule has 0 aliphatic carbocycles. The molecule has 0 bridgehead atoms. The number of ether oxygens (including phenoxy) is 2. The van der Waals surface area contributed by atoms with Gasteiger partial charge in [-0.25, -0.2) is 9.59 Å². The first kappa shape index (κ1) is 14.3. The summed E-state index contributed by atoms with van der Waals surface area (Å²) < 4.78 is 15.1. The third kappa shape index (κ3) is 3.12. The molecule has 0 saturated carbocycles. The number of esters is 2. The van der Waals surface area contributed by atoms with Crippen LogP contribution in [0.25, 0.3) is 0 Å². The Balaban J connectivity index is 3.10. The maximum atomic E-state index is 11.8. The first-order valence-electron chi connectivity index (χ1n) is 6.10. The highest BCUT2D eigenvalue weighted by Gasteiger charge is 2.26. The van der Waals surface area contributed by atoms with E-state index in [2.05, 4.69) is 0 Å². The van der Waals surface area contributed by atoms with Crippen molar-refractivity contribution in [1.82, 2.24) is 0 Å². The van der Waals surface area contributed by atoms with Crippen molar-refractivity contribution in [3.8, 4) is 0 Å². The molecule has 0 amide bonds. The summed E-state index contributed by atoms with van der Waals surface area (Å²) in [5.74, 6) is -0.636. The Kier molecular flexibility index (Phi) is 5.42. The molecule has 1 aromatic heterocycles. The predicted octanol–water partition coefficient (Wildman–Crippen LogP) is 2.59. The zero-order valence-corrected chi connectivity index (χ0v) is 10.9. The van der Waals surface area contributed by atoms with E-state index in [0.717, 1.165) is 6.42 Å². The molecule has 0 radical (unpaired) electrons. The summed E-state index contributed by atoms with van der Waals surface area (Å²) in [4.78, 5) is 23.5. The molecule has 1 heterocycles. The molecule has 1 aromatic rings. The van der Waals surface area contributed by atoms with Gasteiger partial charge in [-0.1, -0.05) is 6.92 Å². The highest BCUT2D eigenvalue weighted by atomic mass is 16.5. The molecule has 0 fully saturated rings. The number of hydrogen-bond acceptors (Lipinski definition) is 5. The summed E-state index contributed by atoms with van der Waals surface area (Å²) in [6.07, 6.45) is 2.64. The molecule has 0 saturated heterocycles. The Morgan fingerprint density at radius 1 is 1.11 bits per heavy atom. The van der Waals surface area contributed by atoms with Crippen LogP contribution >= 0.6 is 0 Å². The number of carbonyl (C=O) groups excluding carboxylic acids is 2. The number of furan rings is 1. The Morgan fingerprint density at radius 2 is 1.72 bits per heavy atom. The van der Waals surface area contributed by atoms with Crippen LogP contribution in [-0.2, 0) is 15.9 Å². The van der Waals surface area contributed by atoms with Crippen molar-refractivity contribution in [3.05, 3.63) is 23.2 Å². The standard InChI is InChI=1S/C13H18O5/c1-4-7-10-11(13(15)17-6-3)9(8-18-10)12(14)16-5-2/h8H,4-7H2,1-3H3. The quantitative estimate of drug-likeness (QED) is 0.730. The second-order valence-corrected chi connectivity index (χ2v) is 3.64. The van der Waals surface area contributed by atoms with Crippen molar-refractivity contribution < 1.29 is 23.5 Å². The molecule has 0 aliphatic heterocycles. The van der Waals surface area contributed by atoms with E-state index in [4.69, 9.17) is 13.9 Å². The first-order valence-corrected chi connectivity index (χ1v) is 6.10. The fraction of sp³-hybridized carbons (Fsp3) is 0.538. The van der Waals surface area contributed by atoms with Gasteiger partial charge in [-0.05, 0) is 20.3 Å². The molecule has 0 aromatic carbocycles. The van der Waals surface area contributed by atoms with E-state index < -0.39 is 11.9 Å². The van der Waals surface area contributed by atoms with Gasteiger partial charge in [-0.15, -0.1) is 0 Å². The lowest BCUT2D eigenvalue weighted by molar-refractivity contribution is 0.0479. The van der Waals surface area contributed by atoms with Gasteiger partial charge >= 0.3 is 11.9 Å². The maximum absolute atomic E-state index is 11.8. The van der Waals surface area contributed by atoms with Crippen LogP contribution in [0.2, 0.25) is 0 Å². The van der Waals surface area contributed by atoms with E-state index in [-0.39, 0.29) is 24.3 Å². The number of aryl methyl sites for hydroxylation is 1. The van der Waals surface area contributed by atoms with E-state index in [1.165, 1.54) is 6.26 Å². The van der Waals surface area contributed by atoms with Gasteiger partial charge in [-0.3, -0.25) is 0 Å². The second-order valence-electron chi connectivity index (χ2n) is 3.64. The Hall–Kier alpha value is -1.78. The lowest BCUT2D eigenvalue weighted by Gasteiger charge is -2.04. The third-order valence-electron chi connectivity index (χ3n) is 2.32. The van der Waals surface area contributed by atoms with Crippen LogP contribution in [-0.4, -0.2) is 25.2 Å². The summed E-state index contributed by atoms with van der Waals surface area (Å²) in [6.45, 7) is 5.87. The van der Waals surface area contributed by atoms with Crippen LogP contribution in [0.5, 0.6) is 0 Å². The van der Waals surface area contributed by atoms with Gasteiger partial charge in [0.1, 0.15) is 23.2 Å². The molecular formula is C13H18O5. The van der Waals surface area contributed by atoms with E-state index in [1.807, 2.05) is 6.92 Å². The van der Waals surface area contributed by atoms with Crippen LogP contribution in [0.15, 0.2) is 10.7 Å². The minimum atomic E-state index is -0.563. The molecule has 0 aliphatic rings. The highest BCUT2D eigenvalue weighted by Crippen LogP contribution is 2.21. The highest BCUT2D eigenvalue weighted by molar-refractivity contribution is 6.03. The van der Waals surface area contributed by atoms with Gasteiger partial charge in [0.25, 0.3) is 0 Å². The van der Waals surface area contributed by atoms with Crippen LogP contribution in [0.4, 0.5) is 0 Å². The van der Waals surface area contributed by atoms with Gasteiger partial charge < -0.3 is 13.9 Å². The normalized spacial score (nSPS) is 10.2. The Bertz CT molecular complexity index is 419. The lowest BCUT2D eigenvalue weighted by atomic mass is 10.1. The lowest BCUT2D eigenvalue weighted by Crippen LogP contribution is -2.13. The first-order chi connectivity index (χ1) is 8.65. The van der Waals surface area contributed by atoms with Crippen molar-refractivity contribution in [2.45, 2.75) is 33.6 Å². The van der Waals surface area contributed by atoms with Crippen LogP contribution in [0, 0.1) is 0 Å². The van der Waals surface area contributed by atoms with Crippen LogP contribution in [0.3, 0.4) is 0 Å². The summed E-state index contributed by atoms with van der Waals surface area (Å²) in [7, 11) is 0. The molecule has 0 atom stereocenters. The van der Waals surface area contributed by atoms with E-state index in [9.17, 15) is 9.59 Å². The molecule has 0 N–H and O–H groups in total. The second kappa shape index (κ2) is 6.83. The fourth-order valence-electron chi connectivity index (χ4n) is 1.60. The van der Waals surface area contributed by atoms with Crippen molar-refractivity contribution in [3.63, 3.8) is 0 Å². The zero-order chi connectivity index (χ0) is 13.5. The minimum Gasteiger partial charge on any atom is -0.467 e. The summed E-state index contributed by atoms with van der Waals surface area (Å²) in [6, 6.07) is 0. The van der Waals surface area contributed by atoms with Crippen LogP contribution in [0.1, 0.15) is 53.7 Å². The van der Waals surface area contributed by atoms with Crippen molar-refractivity contribution in [2.75, 3.05) is 13.2 Å². The summed E-state index contributed by atoms with van der Waals surface area (Å²) in [5, 5.41) is 0. The Morgan fingerprint density at radius 3 is 2.28 bits per heavy atom. The average Bonchev–Trinajstić information content (AvgIpc) is 2.74. The molecule has 5 nitrogen and oxygen atoms in total. The van der Waals surface area contributed by atoms with Gasteiger partial charge in [0, 0.05) is 6.42 Å². The van der Waals surface area contributed by atoms with Gasteiger partial charge in [0.15, 0.2) is 0 Å². The molecule has 0 unspecified atom stereocenters. The SMILES string of the molecule is CCCc1occ(C(=O)OCC)c1C(=O)OCC. The van der Waals surface area contributed by atoms with Crippen LogP contribution < -0.4 is 0 Å². The summed E-state index contributed by atoms with van der Waals surface area (Å²) in [5.41, 5.74) is 0.330. The Labute approximate surface area is 106 Å². The molecule has 1 rings (SSSR count). The van der Waals surface area contributed by atoms with Crippen molar-refractivity contribution in [2.24, 2.45) is 0 Å². The monoisotopic (exact) mass is 254 g/mol. The smallest absolute Gasteiger partial charge is 0.342 e. The van der Waals surface area contributed by atoms with E-state index in [0.29, 0.717) is 12.2 Å². The van der Waals surface area contributed by atoms with Crippen molar-refractivity contribution in [1.29, 1.82) is 0 Å². The number of carbonyl (C=O) groups is 2. The third-order valence-corrected chi connectivity index (χ3v) is 2.32. The number of hydrogen-bond donors (Lipinski definition) is 0. The molecule has 18 heavy (non-hydrogen) atoms. The maximum Gasteiger partial charge on any atom is 0.342 e. The van der Waals surface area contributed by atoms with Gasteiger partial charge in [0.05, 0.1) is 13.2 Å². The van der Waals surface area contributed by atoms with Gasteiger partial charge in [0.2, 0.25) is 0 Å². The summed E-state index contributed by atoms with van der Waals surface area (Å²) >= 11 is 0. The molecule has 100 valence electrons. The predicted molar refractivity (Wildman–Crippen MR) is 64.6 cm³/mol. The minimum absolute atomic E-state index is 0.138. The van der Waals surface area contributed by atoms with Crippen molar-refractivity contribution >= 4 is 11.9 Å². The van der Waals surface area contributed by atoms with E-state index >= 15 is 0 Å². The zero-order valence-electron chi connectivity index (χ0n) is 10.9. The largest absolute Gasteiger partial charge is 0.467 e. The number of rotatable bonds is 6. The molecular weight excluding hydrogens is 236 g/mol. The average molecular weight is 254 g/mol. The fourth-order valence-corrected chi connectivity index (χ4v) is 1.60. The molecule has 0 spiro atoms. The van der Waals surface area contributed by atoms with Gasteiger partial charge in [-0.2, -0.15) is 0 Å². The van der Waals surface area contributed by atoms with E-state index in [1.54, 1.807) is 13.8 Å². The topological polar surface area (TPSA) is 65.7 Å². The molecule has 5 heteroatoms.